The Kier molecular flexibility index (Phi) is 9.79. The highest BCUT2D eigenvalue weighted by molar-refractivity contribution is 5.98. The maximum Gasteiger partial charge on any atom is 0.416 e. The topological polar surface area (TPSA) is 109 Å². The SMILES string of the molecule is O=C(O)N[C@H]1CCCC[C@@H]1n1cnc(C(=O)N2CCNC[C@H]2CCOc2cc(C(F)(F)F)cc(C(F)(F)F)c2)c1-c1ccccc1. The number of hydrogen-bond acceptors (Lipinski definition) is 5. The quantitative estimate of drug-likeness (QED) is 0.249. The number of carbonyl (C=O) groups excluding carboxylic acids is 1. The summed E-state index contributed by atoms with van der Waals surface area (Å²) in [5.41, 5.74) is -1.55. The van der Waals surface area contributed by atoms with Crippen molar-refractivity contribution in [2.45, 2.75) is 62.6 Å². The van der Waals surface area contributed by atoms with Gasteiger partial charge in [0.2, 0.25) is 0 Å². The van der Waals surface area contributed by atoms with Crippen LogP contribution in [0, 0.1) is 0 Å². The fourth-order valence-electron chi connectivity index (χ4n) is 6.17. The first-order valence-electron chi connectivity index (χ1n) is 14.9. The third kappa shape index (κ3) is 7.57. The Morgan fingerprint density at radius 2 is 1.67 bits per heavy atom. The van der Waals surface area contributed by atoms with Gasteiger partial charge in [-0.25, -0.2) is 9.78 Å². The molecular weight excluding hydrogens is 620 g/mol. The third-order valence-electron chi connectivity index (χ3n) is 8.33. The number of amides is 2. The summed E-state index contributed by atoms with van der Waals surface area (Å²) in [5, 5.41) is 15.2. The van der Waals surface area contributed by atoms with Crippen molar-refractivity contribution < 1.29 is 45.8 Å². The van der Waals surface area contributed by atoms with E-state index in [4.69, 9.17) is 4.74 Å². The lowest BCUT2D eigenvalue weighted by molar-refractivity contribution is -0.143. The number of rotatable bonds is 8. The molecule has 5 rings (SSSR count). The highest BCUT2D eigenvalue weighted by Gasteiger charge is 2.38. The van der Waals surface area contributed by atoms with E-state index < -0.39 is 47.3 Å². The number of piperazine rings is 1. The van der Waals surface area contributed by atoms with Crippen LogP contribution < -0.4 is 15.4 Å². The fraction of sp³-hybridized carbons (Fsp3) is 0.452. The number of carboxylic acid groups (broad SMARTS) is 1. The Morgan fingerprint density at radius 1 is 1.00 bits per heavy atom. The second-order valence-corrected chi connectivity index (χ2v) is 11.4. The molecule has 1 aromatic heterocycles. The van der Waals surface area contributed by atoms with Crippen molar-refractivity contribution in [2.75, 3.05) is 26.2 Å². The van der Waals surface area contributed by atoms with Gasteiger partial charge in [0.05, 0.1) is 41.8 Å². The Labute approximate surface area is 260 Å². The van der Waals surface area contributed by atoms with E-state index in [0.717, 1.165) is 12.8 Å². The van der Waals surface area contributed by atoms with E-state index in [2.05, 4.69) is 15.6 Å². The predicted molar refractivity (Wildman–Crippen MR) is 154 cm³/mol. The molecule has 3 atom stereocenters. The van der Waals surface area contributed by atoms with Crippen LogP contribution in [0.1, 0.15) is 59.8 Å². The van der Waals surface area contributed by atoms with E-state index in [-0.39, 0.29) is 43.4 Å². The minimum absolute atomic E-state index is 0.0367. The Balaban J connectivity index is 1.39. The van der Waals surface area contributed by atoms with Crippen LogP contribution in [0.5, 0.6) is 5.75 Å². The molecule has 1 saturated carbocycles. The first-order chi connectivity index (χ1) is 21.8. The molecule has 3 aromatic rings. The number of alkyl halides is 6. The van der Waals surface area contributed by atoms with Gasteiger partial charge < -0.3 is 29.9 Å². The minimum Gasteiger partial charge on any atom is -0.493 e. The van der Waals surface area contributed by atoms with Crippen molar-refractivity contribution in [1.29, 1.82) is 0 Å². The number of hydrogen-bond donors (Lipinski definition) is 3. The number of nitrogens with zero attached hydrogens (tertiary/aromatic N) is 3. The van der Waals surface area contributed by atoms with Crippen molar-refractivity contribution in [3.05, 3.63) is 71.7 Å². The van der Waals surface area contributed by atoms with E-state index in [9.17, 15) is 41.0 Å². The summed E-state index contributed by atoms with van der Waals surface area (Å²) >= 11 is 0. The number of imidazole rings is 1. The summed E-state index contributed by atoms with van der Waals surface area (Å²) in [6.45, 7) is 0.804. The summed E-state index contributed by atoms with van der Waals surface area (Å²) in [6, 6.07) is 9.04. The van der Waals surface area contributed by atoms with Gasteiger partial charge in [-0.1, -0.05) is 43.2 Å². The van der Waals surface area contributed by atoms with Gasteiger partial charge in [-0.2, -0.15) is 26.3 Å². The molecule has 2 heterocycles. The maximum absolute atomic E-state index is 14.1. The average Bonchev–Trinajstić information content (AvgIpc) is 3.45. The van der Waals surface area contributed by atoms with Gasteiger partial charge in [-0.3, -0.25) is 4.79 Å². The van der Waals surface area contributed by atoms with Gasteiger partial charge >= 0.3 is 18.4 Å². The van der Waals surface area contributed by atoms with Crippen LogP contribution in [-0.2, 0) is 12.4 Å². The zero-order chi connectivity index (χ0) is 33.1. The fourth-order valence-corrected chi connectivity index (χ4v) is 6.17. The summed E-state index contributed by atoms with van der Waals surface area (Å²) in [7, 11) is 0. The van der Waals surface area contributed by atoms with Crippen molar-refractivity contribution in [1.82, 2.24) is 25.1 Å². The summed E-state index contributed by atoms with van der Waals surface area (Å²) in [6.07, 6.45) is -6.45. The number of benzene rings is 2. The highest BCUT2D eigenvalue weighted by Crippen LogP contribution is 2.39. The second-order valence-electron chi connectivity index (χ2n) is 11.4. The lowest BCUT2D eigenvalue weighted by Crippen LogP contribution is -2.54. The smallest absolute Gasteiger partial charge is 0.416 e. The van der Waals surface area contributed by atoms with Crippen LogP contribution in [-0.4, -0.2) is 69.9 Å². The van der Waals surface area contributed by atoms with Crippen molar-refractivity contribution in [3.63, 3.8) is 0 Å². The normalized spacial score (nSPS) is 20.7. The Hall–Kier alpha value is -4.27. The van der Waals surface area contributed by atoms with Crippen LogP contribution in [0.2, 0.25) is 0 Å². The van der Waals surface area contributed by atoms with Gasteiger partial charge in [0.15, 0.2) is 5.69 Å². The molecule has 2 amide bonds. The first kappa shape index (κ1) is 33.1. The molecule has 9 nitrogen and oxygen atoms in total. The van der Waals surface area contributed by atoms with Gasteiger partial charge in [0, 0.05) is 37.7 Å². The molecule has 46 heavy (non-hydrogen) atoms. The molecule has 1 aliphatic heterocycles. The monoisotopic (exact) mass is 653 g/mol. The average molecular weight is 654 g/mol. The number of ether oxygens (including phenoxy) is 1. The van der Waals surface area contributed by atoms with Crippen molar-refractivity contribution >= 4 is 12.0 Å². The number of halogens is 6. The van der Waals surface area contributed by atoms with Crippen molar-refractivity contribution in [3.8, 4) is 17.0 Å². The van der Waals surface area contributed by atoms with Crippen LogP contribution in [0.3, 0.4) is 0 Å². The zero-order valence-corrected chi connectivity index (χ0v) is 24.6. The lowest BCUT2D eigenvalue weighted by Gasteiger charge is -2.36. The van der Waals surface area contributed by atoms with Crippen LogP contribution in [0.15, 0.2) is 54.9 Å². The Morgan fingerprint density at radius 3 is 2.33 bits per heavy atom. The van der Waals surface area contributed by atoms with Crippen LogP contribution in [0.4, 0.5) is 31.1 Å². The largest absolute Gasteiger partial charge is 0.493 e. The van der Waals surface area contributed by atoms with Crippen LogP contribution >= 0.6 is 0 Å². The molecule has 248 valence electrons. The molecule has 2 aliphatic rings. The van der Waals surface area contributed by atoms with E-state index in [1.165, 1.54) is 0 Å². The van der Waals surface area contributed by atoms with Crippen molar-refractivity contribution in [2.24, 2.45) is 0 Å². The summed E-state index contributed by atoms with van der Waals surface area (Å²) < 4.78 is 87.0. The van der Waals surface area contributed by atoms with E-state index in [1.807, 2.05) is 34.9 Å². The number of nitrogens with one attached hydrogen (secondary N) is 2. The molecule has 2 fully saturated rings. The number of carbonyl (C=O) groups is 2. The Bertz CT molecular complexity index is 1500. The molecule has 2 aromatic carbocycles. The molecule has 0 bridgehead atoms. The van der Waals surface area contributed by atoms with E-state index in [0.29, 0.717) is 49.3 Å². The van der Waals surface area contributed by atoms with Gasteiger partial charge in [-0.05, 0) is 31.0 Å². The van der Waals surface area contributed by atoms with Crippen LogP contribution in [0.25, 0.3) is 11.3 Å². The minimum atomic E-state index is -5.00. The molecule has 3 N–H and O–H groups in total. The second kappa shape index (κ2) is 13.6. The molecule has 0 radical (unpaired) electrons. The molecule has 1 saturated heterocycles. The van der Waals surface area contributed by atoms with Gasteiger partial charge in [0.1, 0.15) is 5.75 Å². The number of aromatic nitrogens is 2. The van der Waals surface area contributed by atoms with Gasteiger partial charge in [0.25, 0.3) is 5.91 Å². The third-order valence-corrected chi connectivity index (χ3v) is 8.33. The molecular formula is C31H33F6N5O4. The lowest BCUT2D eigenvalue weighted by atomic mass is 9.89. The molecule has 15 heteroatoms. The standard InChI is InChI=1S/C31H33F6N5O4/c32-30(33,34)20-14-21(31(35,36)37)16-23(15-20)46-13-10-22-17-38-11-12-41(22)28(43)26-27(19-6-2-1-3-7-19)42(18-39-26)25-9-5-4-8-24(25)40-29(44)45/h1-3,6-7,14-16,18,22,24-25,38,40H,4-5,8-13,17H2,(H,44,45)/t22-,24+,25+/m1/s1. The predicted octanol–water partition coefficient (Wildman–Crippen LogP) is 6.22. The zero-order valence-electron chi connectivity index (χ0n) is 24.6. The van der Waals surface area contributed by atoms with Gasteiger partial charge in [-0.15, -0.1) is 0 Å². The molecule has 0 unspecified atom stereocenters. The summed E-state index contributed by atoms with van der Waals surface area (Å²) in [4.78, 5) is 31.8. The van der Waals surface area contributed by atoms with E-state index in [1.54, 1.807) is 11.2 Å². The first-order valence-corrected chi connectivity index (χ1v) is 14.9. The van der Waals surface area contributed by atoms with E-state index >= 15 is 0 Å². The highest BCUT2D eigenvalue weighted by atomic mass is 19.4. The summed E-state index contributed by atoms with van der Waals surface area (Å²) in [5.74, 6) is -0.980. The molecule has 0 spiro atoms. The maximum atomic E-state index is 14.1. The molecule has 1 aliphatic carbocycles.